The van der Waals surface area contributed by atoms with E-state index in [1.807, 2.05) is 37.3 Å². The summed E-state index contributed by atoms with van der Waals surface area (Å²) in [6.45, 7) is 2.48. The lowest BCUT2D eigenvalue weighted by Crippen LogP contribution is -2.23. The van der Waals surface area contributed by atoms with Gasteiger partial charge in [0.1, 0.15) is 5.75 Å². The molecule has 156 valence electrons. The second-order valence-corrected chi connectivity index (χ2v) is 9.04. The molecule has 3 aromatic rings. The maximum Gasteiger partial charge on any atom is 0.259 e. The van der Waals surface area contributed by atoms with Crippen LogP contribution in [0.5, 0.6) is 5.75 Å². The maximum absolute atomic E-state index is 12.7. The number of hydrogen-bond donors (Lipinski definition) is 2. The fraction of sp³-hybridized carbons (Fsp3) is 0.136. The molecule has 1 amide bonds. The van der Waals surface area contributed by atoms with Gasteiger partial charge in [-0.05, 0) is 55.0 Å². The fourth-order valence-electron chi connectivity index (χ4n) is 2.73. The fourth-order valence-corrected chi connectivity index (χ4v) is 4.11. The van der Waals surface area contributed by atoms with E-state index >= 15 is 0 Å². The highest BCUT2D eigenvalue weighted by Crippen LogP contribution is 2.25. The number of anilines is 1. The van der Waals surface area contributed by atoms with Crippen molar-refractivity contribution in [1.82, 2.24) is 4.72 Å². The van der Waals surface area contributed by atoms with Gasteiger partial charge in [-0.1, -0.05) is 46.3 Å². The molecule has 0 spiro atoms. The average molecular weight is 489 g/mol. The Morgan fingerprint density at radius 3 is 2.37 bits per heavy atom. The molecule has 3 rings (SSSR count). The topological polar surface area (TPSA) is 84.5 Å². The lowest BCUT2D eigenvalue weighted by Gasteiger charge is -2.12. The molecule has 2 N–H and O–H groups in total. The third-order valence-corrected chi connectivity index (χ3v) is 6.13. The van der Waals surface area contributed by atoms with Gasteiger partial charge in [-0.2, -0.15) is 0 Å². The molecule has 0 fully saturated rings. The highest BCUT2D eigenvalue weighted by atomic mass is 79.9. The van der Waals surface area contributed by atoms with Crippen LogP contribution in [0.1, 0.15) is 22.8 Å². The predicted molar refractivity (Wildman–Crippen MR) is 120 cm³/mol. The Hall–Kier alpha value is -2.68. The van der Waals surface area contributed by atoms with Crippen LogP contribution in [0.4, 0.5) is 5.69 Å². The molecule has 0 bridgehead atoms. The minimum atomic E-state index is -3.66. The molecule has 0 aliphatic rings. The molecule has 0 unspecified atom stereocenters. The second-order valence-electron chi connectivity index (χ2n) is 6.36. The van der Waals surface area contributed by atoms with Crippen LogP contribution >= 0.6 is 15.9 Å². The first kappa shape index (κ1) is 22.0. The minimum Gasteiger partial charge on any atom is -0.493 e. The summed E-state index contributed by atoms with van der Waals surface area (Å²) in [6.07, 6.45) is 0. The van der Waals surface area contributed by atoms with Crippen molar-refractivity contribution in [1.29, 1.82) is 0 Å². The van der Waals surface area contributed by atoms with Crippen molar-refractivity contribution in [3.8, 4) is 5.75 Å². The Morgan fingerprint density at radius 2 is 1.70 bits per heavy atom. The van der Waals surface area contributed by atoms with Crippen LogP contribution in [0.25, 0.3) is 0 Å². The van der Waals surface area contributed by atoms with Gasteiger partial charge in [-0.25, -0.2) is 13.1 Å². The Kier molecular flexibility index (Phi) is 7.25. The molecular formula is C22H21BrN2O4S. The first-order valence-corrected chi connectivity index (χ1v) is 11.5. The minimum absolute atomic E-state index is 0.119. The second kappa shape index (κ2) is 9.88. The van der Waals surface area contributed by atoms with E-state index in [4.69, 9.17) is 4.74 Å². The Morgan fingerprint density at radius 1 is 1.00 bits per heavy atom. The van der Waals surface area contributed by atoms with E-state index in [-0.39, 0.29) is 17.3 Å². The molecule has 0 heterocycles. The van der Waals surface area contributed by atoms with Crippen LogP contribution in [-0.2, 0) is 16.6 Å². The van der Waals surface area contributed by atoms with Crippen LogP contribution < -0.4 is 14.8 Å². The lowest BCUT2D eigenvalue weighted by atomic mass is 10.2. The Balaban J connectivity index is 1.70. The number of carbonyl (C=O) groups is 1. The zero-order valence-electron chi connectivity index (χ0n) is 16.3. The van der Waals surface area contributed by atoms with Crippen molar-refractivity contribution in [2.75, 3.05) is 11.9 Å². The van der Waals surface area contributed by atoms with Gasteiger partial charge in [0.05, 0.1) is 17.1 Å². The molecule has 0 saturated carbocycles. The van der Waals surface area contributed by atoms with Gasteiger partial charge >= 0.3 is 0 Å². The van der Waals surface area contributed by atoms with Crippen molar-refractivity contribution in [3.63, 3.8) is 0 Å². The molecular weight excluding hydrogens is 468 g/mol. The number of carbonyl (C=O) groups excluding carboxylic acids is 1. The van der Waals surface area contributed by atoms with Crippen molar-refractivity contribution < 1.29 is 17.9 Å². The SMILES string of the molecule is CCOc1ccc(Br)cc1C(=O)Nc1ccc(S(=O)(=O)NCc2ccccc2)cc1. The van der Waals surface area contributed by atoms with E-state index in [9.17, 15) is 13.2 Å². The van der Waals surface area contributed by atoms with Crippen molar-refractivity contribution in [2.24, 2.45) is 0 Å². The summed E-state index contributed by atoms with van der Waals surface area (Å²) in [7, 11) is -3.66. The van der Waals surface area contributed by atoms with Gasteiger partial charge in [0, 0.05) is 16.7 Å². The predicted octanol–water partition coefficient (Wildman–Crippen LogP) is 4.58. The molecule has 30 heavy (non-hydrogen) atoms. The van der Waals surface area contributed by atoms with E-state index in [2.05, 4.69) is 26.0 Å². The Bertz CT molecular complexity index is 1120. The number of sulfonamides is 1. The molecule has 0 aliphatic carbocycles. The molecule has 0 aliphatic heterocycles. The van der Waals surface area contributed by atoms with Gasteiger partial charge in [0.2, 0.25) is 10.0 Å². The zero-order valence-corrected chi connectivity index (χ0v) is 18.7. The monoisotopic (exact) mass is 488 g/mol. The first-order valence-electron chi connectivity index (χ1n) is 9.26. The number of hydrogen-bond acceptors (Lipinski definition) is 4. The zero-order chi connectivity index (χ0) is 21.6. The Labute approximate surface area is 184 Å². The largest absolute Gasteiger partial charge is 0.493 e. The van der Waals surface area contributed by atoms with Crippen molar-refractivity contribution in [2.45, 2.75) is 18.4 Å². The first-order chi connectivity index (χ1) is 14.4. The molecule has 0 saturated heterocycles. The van der Waals surface area contributed by atoms with Crippen LogP contribution in [-0.4, -0.2) is 20.9 Å². The number of amides is 1. The summed E-state index contributed by atoms with van der Waals surface area (Å²) in [5, 5.41) is 2.77. The van der Waals surface area contributed by atoms with E-state index < -0.39 is 10.0 Å². The number of rotatable bonds is 8. The number of ether oxygens (including phenoxy) is 1. The summed E-state index contributed by atoms with van der Waals surface area (Å²) < 4.78 is 33.8. The number of halogens is 1. The molecule has 0 atom stereocenters. The van der Waals surface area contributed by atoms with Crippen LogP contribution in [0.3, 0.4) is 0 Å². The number of nitrogens with one attached hydrogen (secondary N) is 2. The van der Waals surface area contributed by atoms with Crippen molar-refractivity contribution >= 4 is 37.5 Å². The normalized spacial score (nSPS) is 11.1. The van der Waals surface area contributed by atoms with Gasteiger partial charge in [-0.15, -0.1) is 0 Å². The van der Waals surface area contributed by atoms with Crippen LogP contribution in [0, 0.1) is 0 Å². The van der Waals surface area contributed by atoms with E-state index in [1.54, 1.807) is 30.3 Å². The van der Waals surface area contributed by atoms with E-state index in [0.717, 1.165) is 10.0 Å². The summed E-state index contributed by atoms with van der Waals surface area (Å²) in [4.78, 5) is 12.8. The molecule has 6 nitrogen and oxygen atoms in total. The lowest BCUT2D eigenvalue weighted by molar-refractivity contribution is 0.102. The van der Waals surface area contributed by atoms with Crippen molar-refractivity contribution in [3.05, 3.63) is 88.4 Å². The van der Waals surface area contributed by atoms with Gasteiger partial charge < -0.3 is 10.1 Å². The van der Waals surface area contributed by atoms with Crippen LogP contribution in [0.15, 0.2) is 82.2 Å². The maximum atomic E-state index is 12.7. The third kappa shape index (κ3) is 5.69. The molecule has 3 aromatic carbocycles. The quantitative estimate of drug-likeness (QED) is 0.485. The highest BCUT2D eigenvalue weighted by molar-refractivity contribution is 9.10. The smallest absolute Gasteiger partial charge is 0.259 e. The average Bonchev–Trinajstić information content (AvgIpc) is 2.75. The number of benzene rings is 3. The van der Waals surface area contributed by atoms with Gasteiger partial charge in [0.15, 0.2) is 0 Å². The summed E-state index contributed by atoms with van der Waals surface area (Å²) >= 11 is 3.35. The summed E-state index contributed by atoms with van der Waals surface area (Å²) in [5.74, 6) is 0.125. The highest BCUT2D eigenvalue weighted by Gasteiger charge is 2.16. The van der Waals surface area contributed by atoms with E-state index in [0.29, 0.717) is 23.6 Å². The van der Waals surface area contributed by atoms with E-state index in [1.165, 1.54) is 12.1 Å². The molecule has 0 radical (unpaired) electrons. The van der Waals surface area contributed by atoms with Gasteiger partial charge in [-0.3, -0.25) is 4.79 Å². The van der Waals surface area contributed by atoms with Gasteiger partial charge in [0.25, 0.3) is 5.91 Å². The summed E-state index contributed by atoms with van der Waals surface area (Å²) in [5.41, 5.74) is 1.72. The third-order valence-electron chi connectivity index (χ3n) is 4.22. The molecule has 8 heteroatoms. The summed E-state index contributed by atoms with van der Waals surface area (Å²) in [6, 6.07) is 20.5. The molecule has 0 aromatic heterocycles. The van der Waals surface area contributed by atoms with Crippen LogP contribution in [0.2, 0.25) is 0 Å². The standard InChI is InChI=1S/C22H21BrN2O4S/c1-2-29-21-13-8-17(23)14-20(21)22(26)25-18-9-11-19(12-10-18)30(27,28)24-15-16-6-4-3-5-7-16/h3-14,24H,2,15H2,1H3,(H,25,26).